The number of aliphatic hydroxyl groups excluding tert-OH is 2. The number of carbonyl (C=O) groups is 1. The molecule has 1 aliphatic rings. The number of hydrogen-bond acceptors (Lipinski definition) is 5. The number of ether oxygens (including phenoxy) is 1. The van der Waals surface area contributed by atoms with Crippen molar-refractivity contribution in [1.29, 1.82) is 0 Å². The lowest BCUT2D eigenvalue weighted by Crippen LogP contribution is -2.41. The highest BCUT2D eigenvalue weighted by atomic mass is 79.9. The molecule has 0 unspecified atom stereocenters. The molecule has 1 fully saturated rings. The predicted molar refractivity (Wildman–Crippen MR) is 63.7 cm³/mol. The Morgan fingerprint density at radius 1 is 1.22 bits per heavy atom. The number of amides is 1. The Morgan fingerprint density at radius 2 is 1.83 bits per heavy atom. The maximum absolute atomic E-state index is 11.2. The van der Waals surface area contributed by atoms with E-state index in [1.165, 1.54) is 5.48 Å². The summed E-state index contributed by atoms with van der Waals surface area (Å²) in [4.78, 5) is 11.2. The van der Waals surface area contributed by atoms with Crippen molar-refractivity contribution in [3.63, 3.8) is 0 Å². The number of halogens is 1. The van der Waals surface area contributed by atoms with Gasteiger partial charge in [0.15, 0.2) is 6.10 Å². The SMILES string of the molecule is O=C(NO)[C@H]1O[C@@H](c2ccc(Br)cc2)[C@@H](O)[C@H]1O. The van der Waals surface area contributed by atoms with Crippen LogP contribution in [0.15, 0.2) is 28.7 Å². The minimum absolute atomic E-state index is 0.637. The van der Waals surface area contributed by atoms with Crippen LogP contribution in [0.25, 0.3) is 0 Å². The maximum atomic E-state index is 11.2. The molecule has 1 saturated heterocycles. The van der Waals surface area contributed by atoms with Gasteiger partial charge in [0.1, 0.15) is 18.3 Å². The normalized spacial score (nSPS) is 31.3. The zero-order valence-corrected chi connectivity index (χ0v) is 10.7. The fourth-order valence-electron chi connectivity index (χ4n) is 1.89. The van der Waals surface area contributed by atoms with E-state index < -0.39 is 30.3 Å². The van der Waals surface area contributed by atoms with Crippen molar-refractivity contribution in [3.8, 4) is 0 Å². The molecule has 2 rings (SSSR count). The van der Waals surface area contributed by atoms with Crippen LogP contribution in [0, 0.1) is 0 Å². The van der Waals surface area contributed by atoms with E-state index in [2.05, 4.69) is 15.9 Å². The molecule has 1 aliphatic heterocycles. The first-order valence-electron chi connectivity index (χ1n) is 5.25. The van der Waals surface area contributed by atoms with Crippen LogP contribution in [0.3, 0.4) is 0 Å². The quantitative estimate of drug-likeness (QED) is 0.458. The molecule has 7 heteroatoms. The van der Waals surface area contributed by atoms with Crippen LogP contribution >= 0.6 is 15.9 Å². The Labute approximate surface area is 111 Å². The van der Waals surface area contributed by atoms with Gasteiger partial charge in [-0.15, -0.1) is 0 Å². The summed E-state index contributed by atoms with van der Waals surface area (Å²) in [5, 5.41) is 28.0. The van der Waals surface area contributed by atoms with Crippen LogP contribution in [-0.4, -0.2) is 39.6 Å². The summed E-state index contributed by atoms with van der Waals surface area (Å²) in [6, 6.07) is 6.95. The molecule has 0 bridgehead atoms. The Kier molecular flexibility index (Phi) is 3.98. The first kappa shape index (κ1) is 13.4. The lowest BCUT2D eigenvalue weighted by Gasteiger charge is -2.14. The van der Waals surface area contributed by atoms with Crippen LogP contribution in [0.1, 0.15) is 11.7 Å². The van der Waals surface area contributed by atoms with Gasteiger partial charge in [-0.1, -0.05) is 28.1 Å². The third kappa shape index (κ3) is 2.40. The molecule has 98 valence electrons. The van der Waals surface area contributed by atoms with Crippen molar-refractivity contribution < 1.29 is 25.0 Å². The van der Waals surface area contributed by atoms with Gasteiger partial charge in [-0.2, -0.15) is 0 Å². The lowest BCUT2D eigenvalue weighted by molar-refractivity contribution is -0.144. The topological polar surface area (TPSA) is 99.0 Å². The molecule has 0 aromatic heterocycles. The molecular formula is C11H12BrNO5. The van der Waals surface area contributed by atoms with Gasteiger partial charge in [-0.3, -0.25) is 10.0 Å². The number of carbonyl (C=O) groups excluding carboxylic acids is 1. The van der Waals surface area contributed by atoms with Crippen LogP contribution < -0.4 is 5.48 Å². The molecule has 4 N–H and O–H groups in total. The van der Waals surface area contributed by atoms with E-state index in [0.29, 0.717) is 5.56 Å². The summed E-state index contributed by atoms with van der Waals surface area (Å²) in [7, 11) is 0. The van der Waals surface area contributed by atoms with Gasteiger partial charge in [0.25, 0.3) is 5.91 Å². The van der Waals surface area contributed by atoms with Crippen molar-refractivity contribution in [3.05, 3.63) is 34.3 Å². The molecule has 1 amide bonds. The Balaban J connectivity index is 2.20. The van der Waals surface area contributed by atoms with Crippen LogP contribution in [0.5, 0.6) is 0 Å². The second-order valence-electron chi connectivity index (χ2n) is 3.99. The molecule has 6 nitrogen and oxygen atoms in total. The molecule has 1 aromatic rings. The first-order chi connectivity index (χ1) is 8.54. The predicted octanol–water partition coefficient (Wildman–Crippen LogP) is 0.116. The van der Waals surface area contributed by atoms with Crippen LogP contribution in [-0.2, 0) is 9.53 Å². The van der Waals surface area contributed by atoms with E-state index in [1.807, 2.05) is 0 Å². The fraction of sp³-hybridized carbons (Fsp3) is 0.364. The lowest BCUT2D eigenvalue weighted by atomic mass is 10.0. The van der Waals surface area contributed by atoms with Crippen molar-refractivity contribution in [2.24, 2.45) is 0 Å². The zero-order chi connectivity index (χ0) is 13.3. The number of hydrogen-bond donors (Lipinski definition) is 4. The highest BCUT2D eigenvalue weighted by Gasteiger charge is 2.46. The van der Waals surface area contributed by atoms with E-state index in [0.717, 1.165) is 4.47 Å². The average molecular weight is 318 g/mol. The van der Waals surface area contributed by atoms with Gasteiger partial charge in [0.05, 0.1) is 0 Å². The molecule has 18 heavy (non-hydrogen) atoms. The summed E-state index contributed by atoms with van der Waals surface area (Å²) in [6.45, 7) is 0. The van der Waals surface area contributed by atoms with Gasteiger partial charge in [-0.25, -0.2) is 5.48 Å². The second-order valence-corrected chi connectivity index (χ2v) is 4.90. The minimum Gasteiger partial charge on any atom is -0.387 e. The van der Waals surface area contributed by atoms with Crippen molar-refractivity contribution in [2.75, 3.05) is 0 Å². The van der Waals surface area contributed by atoms with E-state index in [9.17, 15) is 15.0 Å². The summed E-state index contributed by atoms with van der Waals surface area (Å²) >= 11 is 3.28. The van der Waals surface area contributed by atoms with Gasteiger partial charge in [-0.05, 0) is 17.7 Å². The molecule has 0 saturated carbocycles. The largest absolute Gasteiger partial charge is 0.387 e. The molecule has 4 atom stereocenters. The van der Waals surface area contributed by atoms with Crippen molar-refractivity contribution in [1.82, 2.24) is 5.48 Å². The van der Waals surface area contributed by atoms with Crippen LogP contribution in [0.2, 0.25) is 0 Å². The number of rotatable bonds is 2. The number of hydroxylamine groups is 1. The third-order valence-electron chi connectivity index (χ3n) is 2.83. The minimum atomic E-state index is -1.38. The van der Waals surface area contributed by atoms with E-state index in [-0.39, 0.29) is 0 Å². The third-order valence-corrected chi connectivity index (χ3v) is 3.36. The monoisotopic (exact) mass is 317 g/mol. The van der Waals surface area contributed by atoms with E-state index >= 15 is 0 Å². The molecule has 0 aliphatic carbocycles. The first-order valence-corrected chi connectivity index (χ1v) is 6.05. The van der Waals surface area contributed by atoms with E-state index in [4.69, 9.17) is 9.94 Å². The second kappa shape index (κ2) is 5.33. The van der Waals surface area contributed by atoms with Gasteiger partial charge >= 0.3 is 0 Å². The average Bonchev–Trinajstić information content (AvgIpc) is 2.67. The maximum Gasteiger partial charge on any atom is 0.275 e. The standard InChI is InChI=1S/C11H12BrNO5/c12-6-3-1-5(2-4-6)9-7(14)8(15)10(18-9)11(16)13-17/h1-4,7-10,14-15,17H,(H,13,16)/t7-,8+,9-,10-/m0/s1. The molecule has 0 radical (unpaired) electrons. The molecule has 1 heterocycles. The van der Waals surface area contributed by atoms with Gasteiger partial charge in [0.2, 0.25) is 0 Å². The molecule has 1 aromatic carbocycles. The van der Waals surface area contributed by atoms with E-state index in [1.54, 1.807) is 24.3 Å². The van der Waals surface area contributed by atoms with Crippen molar-refractivity contribution >= 4 is 21.8 Å². The highest BCUT2D eigenvalue weighted by molar-refractivity contribution is 9.10. The van der Waals surface area contributed by atoms with Gasteiger partial charge < -0.3 is 14.9 Å². The highest BCUT2D eigenvalue weighted by Crippen LogP contribution is 2.34. The number of aliphatic hydroxyl groups is 2. The molecular weight excluding hydrogens is 306 g/mol. The summed E-state index contributed by atoms with van der Waals surface area (Å²) in [5.41, 5.74) is 2.03. The Morgan fingerprint density at radius 3 is 2.39 bits per heavy atom. The van der Waals surface area contributed by atoms with Crippen molar-refractivity contribution in [2.45, 2.75) is 24.4 Å². The number of nitrogens with one attached hydrogen (secondary N) is 1. The summed E-state index contributed by atoms with van der Waals surface area (Å²) < 4.78 is 6.14. The van der Waals surface area contributed by atoms with Crippen LogP contribution in [0.4, 0.5) is 0 Å². The smallest absolute Gasteiger partial charge is 0.275 e. The Hall–Kier alpha value is -0.990. The summed E-state index contributed by atoms with van der Waals surface area (Å²) in [5.74, 6) is -0.888. The molecule has 0 spiro atoms. The zero-order valence-electron chi connectivity index (χ0n) is 9.15. The number of benzene rings is 1. The Bertz CT molecular complexity index is 438. The van der Waals surface area contributed by atoms with Gasteiger partial charge in [0, 0.05) is 4.47 Å². The fourth-order valence-corrected chi connectivity index (χ4v) is 2.15. The summed E-state index contributed by atoms with van der Waals surface area (Å²) in [6.07, 6.45) is -4.71.